The lowest BCUT2D eigenvalue weighted by Crippen LogP contribution is -2.29. The topological polar surface area (TPSA) is 140 Å². The van der Waals surface area contributed by atoms with Gasteiger partial charge in [0.2, 0.25) is 10.0 Å². The van der Waals surface area contributed by atoms with E-state index in [1.165, 1.54) is 32.0 Å². The van der Waals surface area contributed by atoms with Crippen molar-refractivity contribution in [3.05, 3.63) is 24.0 Å². The van der Waals surface area contributed by atoms with Gasteiger partial charge < -0.3 is 14.3 Å². The van der Waals surface area contributed by atoms with E-state index in [9.17, 15) is 22.8 Å². The SMILES string of the molecule is CC(=O)COc1ccc(S(=O)(=O)NCC(=O)O)c2cc(C(C)=O)oc12. The Kier molecular flexibility index (Phi) is 5.24. The quantitative estimate of drug-likeness (QED) is 0.656. The number of Topliss-reactive ketones (excluding diaryl/α,β-unsaturated/α-hetero) is 2. The second kappa shape index (κ2) is 7.03. The van der Waals surface area contributed by atoms with Crippen LogP contribution in [0, 0.1) is 0 Å². The van der Waals surface area contributed by atoms with Crippen LogP contribution >= 0.6 is 0 Å². The van der Waals surface area contributed by atoms with E-state index in [0.717, 1.165) is 0 Å². The molecule has 1 aromatic carbocycles. The predicted molar refractivity (Wildman–Crippen MR) is 85.2 cm³/mol. The number of carboxylic acid groups (broad SMARTS) is 1. The van der Waals surface area contributed by atoms with Crippen LogP contribution in [-0.4, -0.2) is 44.2 Å². The van der Waals surface area contributed by atoms with Gasteiger partial charge in [-0.25, -0.2) is 8.42 Å². The summed E-state index contributed by atoms with van der Waals surface area (Å²) in [6.07, 6.45) is 0. The van der Waals surface area contributed by atoms with Crippen molar-refractivity contribution in [2.24, 2.45) is 0 Å². The van der Waals surface area contributed by atoms with Gasteiger partial charge in [-0.1, -0.05) is 0 Å². The van der Waals surface area contributed by atoms with Crippen molar-refractivity contribution in [3.63, 3.8) is 0 Å². The highest BCUT2D eigenvalue weighted by Crippen LogP contribution is 2.34. The molecule has 1 aromatic heterocycles. The Balaban J connectivity index is 2.58. The van der Waals surface area contributed by atoms with Crippen LogP contribution < -0.4 is 9.46 Å². The standard InChI is InChI=1S/C15H15NO8S/c1-8(17)7-23-11-3-4-13(25(21,22)16-6-14(19)20)10-5-12(9(2)18)24-15(10)11/h3-5,16H,6-7H2,1-2H3,(H,19,20). The molecule has 10 heteroatoms. The van der Waals surface area contributed by atoms with Crippen LogP contribution in [0.5, 0.6) is 5.75 Å². The van der Waals surface area contributed by atoms with Gasteiger partial charge in [-0.15, -0.1) is 0 Å². The normalized spacial score (nSPS) is 11.4. The average Bonchev–Trinajstić information content (AvgIpc) is 2.95. The molecular weight excluding hydrogens is 354 g/mol. The molecule has 0 saturated heterocycles. The van der Waals surface area contributed by atoms with Crippen molar-refractivity contribution in [3.8, 4) is 5.75 Å². The van der Waals surface area contributed by atoms with Crippen molar-refractivity contribution in [2.45, 2.75) is 18.7 Å². The Bertz CT molecular complexity index is 957. The number of benzene rings is 1. The fourth-order valence-corrected chi connectivity index (χ4v) is 3.17. The lowest BCUT2D eigenvalue weighted by Gasteiger charge is -2.09. The number of carbonyl (C=O) groups excluding carboxylic acids is 2. The summed E-state index contributed by atoms with van der Waals surface area (Å²) in [5, 5.41) is 8.68. The van der Waals surface area contributed by atoms with Gasteiger partial charge in [-0.05, 0) is 25.1 Å². The maximum absolute atomic E-state index is 12.3. The largest absolute Gasteiger partial charge is 0.482 e. The molecule has 0 fully saturated rings. The van der Waals surface area contributed by atoms with Crippen LogP contribution in [0.2, 0.25) is 0 Å². The van der Waals surface area contributed by atoms with Crippen molar-refractivity contribution >= 4 is 38.5 Å². The minimum Gasteiger partial charge on any atom is -0.482 e. The van der Waals surface area contributed by atoms with Crippen molar-refractivity contribution in [1.29, 1.82) is 0 Å². The minimum atomic E-state index is -4.17. The molecule has 25 heavy (non-hydrogen) atoms. The third-order valence-corrected chi connectivity index (χ3v) is 4.55. The van der Waals surface area contributed by atoms with Gasteiger partial charge in [0.05, 0.1) is 4.90 Å². The molecule has 9 nitrogen and oxygen atoms in total. The molecule has 0 radical (unpaired) electrons. The Morgan fingerprint density at radius 1 is 1.24 bits per heavy atom. The highest BCUT2D eigenvalue weighted by atomic mass is 32.2. The Morgan fingerprint density at radius 3 is 2.48 bits per heavy atom. The molecule has 134 valence electrons. The number of carboxylic acids is 1. The lowest BCUT2D eigenvalue weighted by atomic mass is 10.2. The van der Waals surface area contributed by atoms with Crippen molar-refractivity contribution in [2.75, 3.05) is 13.2 Å². The first-order valence-corrected chi connectivity index (χ1v) is 8.51. The summed E-state index contributed by atoms with van der Waals surface area (Å²) in [4.78, 5) is 32.9. The monoisotopic (exact) mass is 369 g/mol. The van der Waals surface area contributed by atoms with Crippen LogP contribution in [-0.2, 0) is 19.6 Å². The van der Waals surface area contributed by atoms with Crippen LogP contribution in [0.15, 0.2) is 27.5 Å². The third-order valence-electron chi connectivity index (χ3n) is 3.09. The number of fused-ring (bicyclic) bond motifs is 1. The van der Waals surface area contributed by atoms with Gasteiger partial charge in [0.15, 0.2) is 28.7 Å². The van der Waals surface area contributed by atoms with E-state index in [0.29, 0.717) is 0 Å². The lowest BCUT2D eigenvalue weighted by molar-refractivity contribution is -0.135. The second-order valence-electron chi connectivity index (χ2n) is 5.18. The first-order chi connectivity index (χ1) is 11.6. The Morgan fingerprint density at radius 2 is 1.92 bits per heavy atom. The van der Waals surface area contributed by atoms with Gasteiger partial charge in [0.25, 0.3) is 0 Å². The first kappa shape index (κ1) is 18.6. The molecule has 1 heterocycles. The van der Waals surface area contributed by atoms with E-state index in [1.807, 2.05) is 4.72 Å². The van der Waals surface area contributed by atoms with Crippen molar-refractivity contribution in [1.82, 2.24) is 4.72 Å². The fraction of sp³-hybridized carbons (Fsp3) is 0.267. The first-order valence-electron chi connectivity index (χ1n) is 7.03. The number of furan rings is 1. The highest BCUT2D eigenvalue weighted by Gasteiger charge is 2.24. The molecular formula is C15H15NO8S. The number of sulfonamides is 1. The Hall–Kier alpha value is -2.72. The van der Waals surface area contributed by atoms with E-state index in [-0.39, 0.29) is 39.8 Å². The minimum absolute atomic E-state index is 0.0235. The van der Waals surface area contributed by atoms with Gasteiger partial charge >= 0.3 is 5.97 Å². The highest BCUT2D eigenvalue weighted by molar-refractivity contribution is 7.89. The number of rotatable bonds is 8. The molecule has 0 amide bonds. The summed E-state index contributed by atoms with van der Waals surface area (Å²) < 4.78 is 37.2. The number of hydrogen-bond donors (Lipinski definition) is 2. The summed E-state index contributed by atoms with van der Waals surface area (Å²) in [6.45, 7) is 1.50. The molecule has 2 aromatic rings. The van der Waals surface area contributed by atoms with E-state index in [1.54, 1.807) is 0 Å². The summed E-state index contributed by atoms with van der Waals surface area (Å²) in [5.41, 5.74) is -0.0235. The number of nitrogens with one attached hydrogen (secondary N) is 1. The van der Waals surface area contributed by atoms with Gasteiger partial charge in [-0.3, -0.25) is 14.4 Å². The van der Waals surface area contributed by atoms with Gasteiger partial charge in [-0.2, -0.15) is 4.72 Å². The fourth-order valence-electron chi connectivity index (χ4n) is 2.01. The van der Waals surface area contributed by atoms with E-state index in [4.69, 9.17) is 14.3 Å². The predicted octanol–water partition coefficient (Wildman–Crippen LogP) is 0.966. The third kappa shape index (κ3) is 4.22. The molecule has 0 aliphatic rings. The summed E-state index contributed by atoms with van der Waals surface area (Å²) >= 11 is 0. The second-order valence-corrected chi connectivity index (χ2v) is 6.92. The zero-order valence-electron chi connectivity index (χ0n) is 13.4. The van der Waals surface area contributed by atoms with Gasteiger partial charge in [0, 0.05) is 12.3 Å². The number of ketones is 2. The zero-order valence-corrected chi connectivity index (χ0v) is 14.2. The molecule has 0 unspecified atom stereocenters. The molecule has 0 bridgehead atoms. The van der Waals surface area contributed by atoms with Crippen LogP contribution in [0.1, 0.15) is 24.4 Å². The van der Waals surface area contributed by atoms with Crippen molar-refractivity contribution < 1.29 is 37.1 Å². The number of aliphatic carboxylic acids is 1. The zero-order chi connectivity index (χ0) is 18.8. The molecule has 2 rings (SSSR count). The molecule has 0 spiro atoms. The van der Waals surface area contributed by atoms with Crippen LogP contribution in [0.4, 0.5) is 0 Å². The van der Waals surface area contributed by atoms with E-state index >= 15 is 0 Å². The summed E-state index contributed by atoms with van der Waals surface area (Å²) in [5.74, 6) is -2.04. The van der Waals surface area contributed by atoms with Gasteiger partial charge in [0.1, 0.15) is 13.2 Å². The smallest absolute Gasteiger partial charge is 0.318 e. The Labute approximate surface area is 142 Å². The molecule has 0 aliphatic heterocycles. The molecule has 0 saturated carbocycles. The van der Waals surface area contributed by atoms with E-state index in [2.05, 4.69) is 0 Å². The summed E-state index contributed by atoms with van der Waals surface area (Å²) in [7, 11) is -4.17. The average molecular weight is 369 g/mol. The van der Waals surface area contributed by atoms with Crippen LogP contribution in [0.25, 0.3) is 11.0 Å². The van der Waals surface area contributed by atoms with E-state index < -0.39 is 28.3 Å². The maximum Gasteiger partial charge on any atom is 0.318 e. The molecule has 0 atom stereocenters. The molecule has 2 N–H and O–H groups in total. The van der Waals surface area contributed by atoms with Crippen LogP contribution in [0.3, 0.4) is 0 Å². The maximum atomic E-state index is 12.3. The molecule has 0 aliphatic carbocycles. The number of hydrogen-bond acceptors (Lipinski definition) is 7. The summed E-state index contributed by atoms with van der Waals surface area (Å²) in [6, 6.07) is 3.68. The number of ether oxygens (including phenoxy) is 1. The number of carbonyl (C=O) groups is 3.